The van der Waals surface area contributed by atoms with Crippen molar-refractivity contribution in [1.29, 1.82) is 0 Å². The van der Waals surface area contributed by atoms with E-state index in [9.17, 15) is 9.90 Å². The number of rotatable bonds is 8. The molecule has 0 bridgehead atoms. The zero-order valence-electron chi connectivity index (χ0n) is 19.9. The fraction of sp³-hybridized carbons (Fsp3) is 0.154. The fourth-order valence-electron chi connectivity index (χ4n) is 3.37. The van der Waals surface area contributed by atoms with Crippen molar-refractivity contribution in [1.82, 2.24) is 20.2 Å². The predicted octanol–water partition coefficient (Wildman–Crippen LogP) is 5.35. The Kier molecular flexibility index (Phi) is 8.07. The topological polar surface area (TPSA) is 102 Å². The van der Waals surface area contributed by atoms with E-state index >= 15 is 0 Å². The summed E-state index contributed by atoms with van der Waals surface area (Å²) in [6.07, 6.45) is 0. The monoisotopic (exact) mass is 565 g/mol. The lowest BCUT2D eigenvalue weighted by Crippen LogP contribution is -2.21. The minimum atomic E-state index is -0.288. The molecule has 0 spiro atoms. The third-order valence-corrected chi connectivity index (χ3v) is 6.84. The molecule has 4 aromatic rings. The first-order chi connectivity index (χ1) is 17.4. The first-order valence-corrected chi connectivity index (χ1v) is 12.8. The summed E-state index contributed by atoms with van der Waals surface area (Å²) in [7, 11) is 1.47. The summed E-state index contributed by atoms with van der Waals surface area (Å²) in [6, 6.07) is 21.2. The number of benzene rings is 3. The lowest BCUT2D eigenvalue weighted by molar-refractivity contribution is -0.118. The molecule has 184 valence electrons. The predicted molar refractivity (Wildman–Crippen MR) is 145 cm³/mol. The molecule has 0 aliphatic rings. The zero-order valence-corrected chi connectivity index (χ0v) is 22.3. The maximum absolute atomic E-state index is 12.6. The summed E-state index contributed by atoms with van der Waals surface area (Å²) in [6.45, 7) is 3.79. The summed E-state index contributed by atoms with van der Waals surface area (Å²) in [5, 5.41) is 23.6. The molecule has 1 amide bonds. The molecule has 0 aliphatic carbocycles. The number of ether oxygens (including phenoxy) is 1. The molecule has 8 nitrogen and oxygen atoms in total. The van der Waals surface area contributed by atoms with Gasteiger partial charge in [0.25, 0.3) is 5.91 Å². The Morgan fingerprint density at radius 3 is 2.56 bits per heavy atom. The highest BCUT2D eigenvalue weighted by Crippen LogP contribution is 2.35. The van der Waals surface area contributed by atoms with Crippen molar-refractivity contribution in [2.75, 3.05) is 12.9 Å². The molecule has 0 aliphatic heterocycles. The molecule has 0 unspecified atom stereocenters. The number of hydrazone groups is 1. The van der Waals surface area contributed by atoms with Crippen LogP contribution in [0.5, 0.6) is 11.5 Å². The van der Waals surface area contributed by atoms with Gasteiger partial charge in [-0.05, 0) is 54.0 Å². The molecule has 0 saturated carbocycles. The molecular weight excluding hydrogens is 542 g/mol. The van der Waals surface area contributed by atoms with E-state index in [0.717, 1.165) is 16.8 Å². The number of amides is 1. The first-order valence-electron chi connectivity index (χ1n) is 11.0. The number of phenols is 1. The Labute approximate surface area is 221 Å². The van der Waals surface area contributed by atoms with Crippen LogP contribution in [0, 0.1) is 6.92 Å². The molecule has 0 fully saturated rings. The molecule has 1 heterocycles. The molecule has 0 atom stereocenters. The van der Waals surface area contributed by atoms with Gasteiger partial charge in [-0.3, -0.25) is 9.36 Å². The minimum absolute atomic E-state index is 0.00187. The Morgan fingerprint density at radius 2 is 1.86 bits per heavy atom. The number of phenolic OH excluding ortho intramolecular Hbond substituents is 1. The summed E-state index contributed by atoms with van der Waals surface area (Å²) >= 11 is 4.57. The van der Waals surface area contributed by atoms with Gasteiger partial charge in [-0.15, -0.1) is 10.2 Å². The van der Waals surface area contributed by atoms with Crippen LogP contribution >= 0.6 is 27.7 Å². The Morgan fingerprint density at radius 1 is 1.14 bits per heavy atom. The summed E-state index contributed by atoms with van der Waals surface area (Å²) in [4.78, 5) is 12.6. The van der Waals surface area contributed by atoms with Gasteiger partial charge in [0.2, 0.25) is 0 Å². The standard InChI is InChI=1S/C26H24BrN5O3S/c1-16-9-11-18(12-10-16)25-30-31-26(32(25)20-7-5-4-6-8-20)36-15-23(33)29-28-17(2)19-13-21(27)24(34)22(14-19)35-3/h4-14,34H,15H2,1-3H3,(H,29,33)/b28-17+. The van der Waals surface area contributed by atoms with Crippen molar-refractivity contribution in [3.8, 4) is 28.6 Å². The molecule has 2 N–H and O–H groups in total. The number of hydrogen-bond donors (Lipinski definition) is 2. The van der Waals surface area contributed by atoms with Gasteiger partial charge in [0.15, 0.2) is 22.5 Å². The summed E-state index contributed by atoms with van der Waals surface area (Å²) in [5.74, 6) is 0.814. The van der Waals surface area contributed by atoms with Gasteiger partial charge in [-0.2, -0.15) is 5.10 Å². The average Bonchev–Trinajstić information content (AvgIpc) is 3.32. The van der Waals surface area contributed by atoms with E-state index in [4.69, 9.17) is 4.74 Å². The van der Waals surface area contributed by atoms with Crippen LogP contribution in [0.15, 0.2) is 81.5 Å². The number of carbonyl (C=O) groups excluding carboxylic acids is 1. The molecule has 4 rings (SSSR count). The van der Waals surface area contributed by atoms with Crippen molar-refractivity contribution in [3.05, 3.63) is 82.3 Å². The number of thioether (sulfide) groups is 1. The number of aromatic nitrogens is 3. The largest absolute Gasteiger partial charge is 0.503 e. The number of carbonyl (C=O) groups is 1. The third-order valence-electron chi connectivity index (χ3n) is 5.30. The highest BCUT2D eigenvalue weighted by Gasteiger charge is 2.17. The number of nitrogens with one attached hydrogen (secondary N) is 1. The van der Waals surface area contributed by atoms with Crippen LogP contribution in [0.2, 0.25) is 0 Å². The van der Waals surface area contributed by atoms with Gasteiger partial charge in [0, 0.05) is 16.8 Å². The van der Waals surface area contributed by atoms with Crippen LogP contribution in [-0.4, -0.2) is 44.4 Å². The van der Waals surface area contributed by atoms with Gasteiger partial charge in [-0.25, -0.2) is 5.43 Å². The number of methoxy groups -OCH3 is 1. The van der Waals surface area contributed by atoms with Crippen molar-refractivity contribution < 1.29 is 14.6 Å². The van der Waals surface area contributed by atoms with E-state index < -0.39 is 0 Å². The van der Waals surface area contributed by atoms with Crippen LogP contribution in [0.25, 0.3) is 17.1 Å². The summed E-state index contributed by atoms with van der Waals surface area (Å²) < 4.78 is 7.59. The average molecular weight is 566 g/mol. The van der Waals surface area contributed by atoms with Crippen LogP contribution < -0.4 is 10.2 Å². The number of hydrogen-bond acceptors (Lipinski definition) is 7. The number of aromatic hydroxyl groups is 1. The molecule has 0 radical (unpaired) electrons. The Balaban J connectivity index is 1.51. The van der Waals surface area contributed by atoms with Gasteiger partial charge < -0.3 is 9.84 Å². The maximum Gasteiger partial charge on any atom is 0.250 e. The van der Waals surface area contributed by atoms with Crippen molar-refractivity contribution in [2.24, 2.45) is 5.10 Å². The van der Waals surface area contributed by atoms with E-state index in [0.29, 0.717) is 32.5 Å². The number of halogens is 1. The van der Waals surface area contributed by atoms with Gasteiger partial charge >= 0.3 is 0 Å². The second-order valence-electron chi connectivity index (χ2n) is 7.87. The Hall–Kier alpha value is -3.63. The van der Waals surface area contributed by atoms with Crippen LogP contribution in [0.3, 0.4) is 0 Å². The number of para-hydroxylation sites is 1. The smallest absolute Gasteiger partial charge is 0.250 e. The molecule has 10 heteroatoms. The lowest BCUT2D eigenvalue weighted by atomic mass is 10.1. The fourth-order valence-corrected chi connectivity index (χ4v) is 4.56. The van der Waals surface area contributed by atoms with E-state index in [1.54, 1.807) is 19.1 Å². The normalized spacial score (nSPS) is 11.4. The van der Waals surface area contributed by atoms with Crippen molar-refractivity contribution in [2.45, 2.75) is 19.0 Å². The van der Waals surface area contributed by atoms with Crippen molar-refractivity contribution in [3.63, 3.8) is 0 Å². The highest BCUT2D eigenvalue weighted by atomic mass is 79.9. The Bertz CT molecular complexity index is 1410. The van der Waals surface area contributed by atoms with Crippen molar-refractivity contribution >= 4 is 39.3 Å². The van der Waals surface area contributed by atoms with Crippen LogP contribution in [0.4, 0.5) is 0 Å². The van der Waals surface area contributed by atoms with Gasteiger partial charge in [0.05, 0.1) is 23.0 Å². The van der Waals surface area contributed by atoms with Gasteiger partial charge in [-0.1, -0.05) is 59.8 Å². The van der Waals surface area contributed by atoms with Crippen LogP contribution in [-0.2, 0) is 4.79 Å². The second-order valence-corrected chi connectivity index (χ2v) is 9.67. The van der Waals surface area contributed by atoms with E-state index in [2.05, 4.69) is 36.7 Å². The third kappa shape index (κ3) is 5.77. The summed E-state index contributed by atoms with van der Waals surface area (Å²) in [5.41, 5.74) is 6.82. The number of aryl methyl sites for hydroxylation is 1. The van der Waals surface area contributed by atoms with E-state index in [-0.39, 0.29) is 17.4 Å². The molecule has 0 saturated heterocycles. The minimum Gasteiger partial charge on any atom is -0.503 e. The zero-order chi connectivity index (χ0) is 25.7. The van der Waals surface area contributed by atoms with E-state index in [1.165, 1.54) is 18.9 Å². The molecule has 36 heavy (non-hydrogen) atoms. The quantitative estimate of drug-likeness (QED) is 0.169. The molecular formula is C26H24BrN5O3S. The second kappa shape index (κ2) is 11.4. The molecule has 3 aromatic carbocycles. The van der Waals surface area contributed by atoms with E-state index in [1.807, 2.05) is 66.1 Å². The van der Waals surface area contributed by atoms with Gasteiger partial charge in [0.1, 0.15) is 0 Å². The number of nitrogens with zero attached hydrogens (tertiary/aromatic N) is 4. The SMILES string of the molecule is COc1cc(/C(C)=N/NC(=O)CSc2nnc(-c3ccc(C)cc3)n2-c2ccccc2)cc(Br)c1O. The first kappa shape index (κ1) is 25.5. The van der Waals surface area contributed by atoms with Crippen LogP contribution in [0.1, 0.15) is 18.1 Å². The highest BCUT2D eigenvalue weighted by molar-refractivity contribution is 9.10. The lowest BCUT2D eigenvalue weighted by Gasteiger charge is -2.10. The maximum atomic E-state index is 12.6. The molecule has 1 aromatic heterocycles.